The summed E-state index contributed by atoms with van der Waals surface area (Å²) >= 11 is 0. The second kappa shape index (κ2) is 10.7. The maximum Gasteiger partial charge on any atom is 0.265 e. The molecule has 0 aromatic heterocycles. The van der Waals surface area contributed by atoms with Crippen molar-refractivity contribution in [3.8, 4) is 23.0 Å². The van der Waals surface area contributed by atoms with E-state index in [4.69, 9.17) is 23.8 Å². The number of ether oxygens (including phenoxy) is 4. The molecule has 150 valence electrons. The molecular formula is C20H24N2O6. The Morgan fingerprint density at radius 3 is 2.32 bits per heavy atom. The number of methoxy groups -OCH3 is 3. The number of hydrogen-bond donors (Lipinski definition) is 1. The van der Waals surface area contributed by atoms with Crippen molar-refractivity contribution >= 4 is 17.8 Å². The smallest absolute Gasteiger partial charge is 0.265 e. The summed E-state index contributed by atoms with van der Waals surface area (Å²) < 4.78 is 21.3. The van der Waals surface area contributed by atoms with E-state index in [1.807, 2.05) is 19.1 Å². The van der Waals surface area contributed by atoms with Crippen LogP contribution in [0.1, 0.15) is 12.5 Å². The molecule has 0 saturated heterocycles. The summed E-state index contributed by atoms with van der Waals surface area (Å²) in [4.78, 5) is 17.1. The summed E-state index contributed by atoms with van der Waals surface area (Å²) in [5.74, 6) is 1.71. The van der Waals surface area contributed by atoms with Crippen LogP contribution >= 0.6 is 0 Å². The number of anilines is 1. The van der Waals surface area contributed by atoms with Crippen molar-refractivity contribution in [2.75, 3.05) is 39.9 Å². The zero-order chi connectivity index (χ0) is 20.4. The first-order valence-electron chi connectivity index (χ1n) is 8.59. The lowest BCUT2D eigenvalue weighted by atomic mass is 10.2. The Labute approximate surface area is 164 Å². The van der Waals surface area contributed by atoms with E-state index < -0.39 is 0 Å². The third-order valence-electron chi connectivity index (χ3n) is 3.62. The second-order valence-corrected chi connectivity index (χ2v) is 5.44. The Morgan fingerprint density at radius 2 is 1.71 bits per heavy atom. The van der Waals surface area contributed by atoms with Gasteiger partial charge in [-0.3, -0.25) is 4.79 Å². The van der Waals surface area contributed by atoms with Crippen molar-refractivity contribution in [1.82, 2.24) is 0 Å². The van der Waals surface area contributed by atoms with Crippen LogP contribution in [0.2, 0.25) is 0 Å². The molecule has 0 spiro atoms. The van der Waals surface area contributed by atoms with Gasteiger partial charge in [-0.25, -0.2) is 0 Å². The van der Waals surface area contributed by atoms with Gasteiger partial charge in [0, 0.05) is 5.56 Å². The number of oxime groups is 1. The minimum absolute atomic E-state index is 0.249. The quantitative estimate of drug-likeness (QED) is 0.497. The Hall–Kier alpha value is -3.42. The monoisotopic (exact) mass is 388 g/mol. The first-order chi connectivity index (χ1) is 13.6. The van der Waals surface area contributed by atoms with Gasteiger partial charge in [-0.15, -0.1) is 0 Å². The number of nitrogens with zero attached hydrogens (tertiary/aromatic N) is 1. The topological polar surface area (TPSA) is 87.6 Å². The summed E-state index contributed by atoms with van der Waals surface area (Å²) in [6, 6.07) is 10.6. The predicted molar refractivity (Wildman–Crippen MR) is 106 cm³/mol. The number of rotatable bonds is 10. The molecule has 0 saturated carbocycles. The van der Waals surface area contributed by atoms with Crippen LogP contribution in [0, 0.1) is 0 Å². The largest absolute Gasteiger partial charge is 0.493 e. The van der Waals surface area contributed by atoms with Crippen molar-refractivity contribution in [3.63, 3.8) is 0 Å². The number of amides is 1. The van der Waals surface area contributed by atoms with E-state index in [0.29, 0.717) is 40.9 Å². The van der Waals surface area contributed by atoms with Gasteiger partial charge in [0.2, 0.25) is 5.75 Å². The number of hydrogen-bond acceptors (Lipinski definition) is 7. The lowest BCUT2D eigenvalue weighted by Gasteiger charge is -2.12. The van der Waals surface area contributed by atoms with Crippen LogP contribution < -0.4 is 24.3 Å². The van der Waals surface area contributed by atoms with Gasteiger partial charge in [0.05, 0.1) is 39.8 Å². The van der Waals surface area contributed by atoms with Gasteiger partial charge in [-0.2, -0.15) is 0 Å². The molecule has 0 aliphatic carbocycles. The number of benzene rings is 2. The zero-order valence-electron chi connectivity index (χ0n) is 16.4. The number of carbonyl (C=O) groups excluding carboxylic acids is 1. The molecule has 0 atom stereocenters. The third kappa shape index (κ3) is 5.54. The van der Waals surface area contributed by atoms with E-state index >= 15 is 0 Å². The summed E-state index contributed by atoms with van der Waals surface area (Å²) in [5.41, 5.74) is 1.24. The van der Waals surface area contributed by atoms with Gasteiger partial charge in [0.25, 0.3) is 5.91 Å². The highest BCUT2D eigenvalue weighted by molar-refractivity contribution is 5.93. The average molecular weight is 388 g/mol. The van der Waals surface area contributed by atoms with Crippen LogP contribution in [-0.4, -0.2) is 46.7 Å². The molecule has 8 heteroatoms. The molecule has 0 fully saturated rings. The van der Waals surface area contributed by atoms with Gasteiger partial charge in [0.1, 0.15) is 5.75 Å². The molecule has 1 N–H and O–H groups in total. The summed E-state index contributed by atoms with van der Waals surface area (Å²) in [6.07, 6.45) is 1.45. The van der Waals surface area contributed by atoms with E-state index in [2.05, 4.69) is 10.5 Å². The molecule has 0 unspecified atom stereocenters. The van der Waals surface area contributed by atoms with Crippen LogP contribution in [0.4, 0.5) is 5.69 Å². The van der Waals surface area contributed by atoms with Crippen molar-refractivity contribution in [2.24, 2.45) is 5.16 Å². The highest BCUT2D eigenvalue weighted by Crippen LogP contribution is 2.37. The summed E-state index contributed by atoms with van der Waals surface area (Å²) in [5, 5.41) is 6.55. The molecule has 0 heterocycles. The second-order valence-electron chi connectivity index (χ2n) is 5.44. The van der Waals surface area contributed by atoms with Crippen LogP contribution in [-0.2, 0) is 9.63 Å². The van der Waals surface area contributed by atoms with E-state index in [1.165, 1.54) is 27.5 Å². The van der Waals surface area contributed by atoms with Crippen LogP contribution in [0.25, 0.3) is 0 Å². The molecule has 0 aliphatic rings. The third-order valence-corrected chi connectivity index (χ3v) is 3.62. The predicted octanol–water partition coefficient (Wildman–Crippen LogP) is 3.10. The minimum Gasteiger partial charge on any atom is -0.493 e. The molecule has 28 heavy (non-hydrogen) atoms. The van der Waals surface area contributed by atoms with E-state index in [9.17, 15) is 4.79 Å². The normalized spacial score (nSPS) is 10.4. The fourth-order valence-corrected chi connectivity index (χ4v) is 2.41. The van der Waals surface area contributed by atoms with Gasteiger partial charge in [-0.05, 0) is 31.2 Å². The standard InChI is InChI=1S/C20H24N2O6/c1-5-27-16-9-7-6-8-15(16)22-19(23)13-28-21-12-14-10-17(24-2)20(26-4)18(11-14)25-3/h6-12H,5,13H2,1-4H3,(H,22,23)/b21-12-. The molecule has 0 aliphatic heterocycles. The highest BCUT2D eigenvalue weighted by Gasteiger charge is 2.12. The fourth-order valence-electron chi connectivity index (χ4n) is 2.41. The lowest BCUT2D eigenvalue weighted by Crippen LogP contribution is -2.17. The van der Waals surface area contributed by atoms with Crippen LogP contribution in [0.5, 0.6) is 23.0 Å². The molecule has 2 aromatic rings. The molecule has 8 nitrogen and oxygen atoms in total. The molecule has 2 rings (SSSR count). The van der Waals surface area contributed by atoms with Crippen LogP contribution in [0.3, 0.4) is 0 Å². The fraction of sp³-hybridized carbons (Fsp3) is 0.300. The lowest BCUT2D eigenvalue weighted by molar-refractivity contribution is -0.120. The first kappa shape index (κ1) is 20.9. The maximum atomic E-state index is 12.0. The number of carbonyl (C=O) groups is 1. The van der Waals surface area contributed by atoms with Crippen molar-refractivity contribution in [1.29, 1.82) is 0 Å². The Morgan fingerprint density at radius 1 is 1.04 bits per heavy atom. The van der Waals surface area contributed by atoms with Gasteiger partial charge in [-0.1, -0.05) is 17.3 Å². The van der Waals surface area contributed by atoms with E-state index in [0.717, 1.165) is 0 Å². The van der Waals surface area contributed by atoms with Crippen molar-refractivity contribution in [3.05, 3.63) is 42.0 Å². The van der Waals surface area contributed by atoms with E-state index in [-0.39, 0.29) is 12.5 Å². The average Bonchev–Trinajstić information content (AvgIpc) is 2.72. The zero-order valence-corrected chi connectivity index (χ0v) is 16.4. The Balaban J connectivity index is 1.96. The van der Waals surface area contributed by atoms with Gasteiger partial charge >= 0.3 is 0 Å². The maximum absolute atomic E-state index is 12.0. The van der Waals surface area contributed by atoms with Gasteiger partial charge in [0.15, 0.2) is 18.1 Å². The summed E-state index contributed by atoms with van der Waals surface area (Å²) in [6.45, 7) is 2.13. The van der Waals surface area contributed by atoms with Crippen molar-refractivity contribution < 1.29 is 28.6 Å². The molecule has 2 aromatic carbocycles. The van der Waals surface area contributed by atoms with Gasteiger partial charge < -0.3 is 29.1 Å². The molecular weight excluding hydrogens is 364 g/mol. The number of nitrogens with one attached hydrogen (secondary N) is 1. The first-order valence-corrected chi connectivity index (χ1v) is 8.59. The van der Waals surface area contributed by atoms with E-state index in [1.54, 1.807) is 24.3 Å². The Kier molecular flexibility index (Phi) is 7.95. The highest BCUT2D eigenvalue weighted by atomic mass is 16.6. The number of para-hydroxylation sites is 2. The molecule has 1 amide bonds. The molecule has 0 bridgehead atoms. The SMILES string of the molecule is CCOc1ccccc1NC(=O)CO/N=C\c1cc(OC)c(OC)c(OC)c1. The minimum atomic E-state index is -0.353. The van der Waals surface area contributed by atoms with Crippen molar-refractivity contribution in [2.45, 2.75) is 6.92 Å². The van der Waals surface area contributed by atoms with Crippen LogP contribution in [0.15, 0.2) is 41.6 Å². The molecule has 0 radical (unpaired) electrons. The summed E-state index contributed by atoms with van der Waals surface area (Å²) in [7, 11) is 4.58. The Bertz CT molecular complexity index is 797.